The Bertz CT molecular complexity index is 605. The van der Waals surface area contributed by atoms with E-state index >= 15 is 0 Å². The molecule has 1 aromatic heterocycles. The second-order valence-corrected chi connectivity index (χ2v) is 6.64. The number of nitrogens with one attached hydrogen (secondary N) is 1. The summed E-state index contributed by atoms with van der Waals surface area (Å²) >= 11 is 8.67. The van der Waals surface area contributed by atoms with Crippen LogP contribution in [0.4, 0.5) is 5.13 Å². The maximum absolute atomic E-state index is 11.9. The third kappa shape index (κ3) is 4.09. The summed E-state index contributed by atoms with van der Waals surface area (Å²) in [6, 6.07) is 7.31. The van der Waals surface area contributed by atoms with Crippen molar-refractivity contribution in [1.29, 1.82) is 0 Å². The van der Waals surface area contributed by atoms with E-state index < -0.39 is 0 Å². The molecule has 1 aromatic carbocycles. The number of amides is 1. The molecule has 5 nitrogen and oxygen atoms in total. The molecule has 1 atom stereocenters. The van der Waals surface area contributed by atoms with Gasteiger partial charge in [-0.3, -0.25) is 4.79 Å². The zero-order valence-corrected chi connectivity index (χ0v) is 13.1. The highest BCUT2D eigenvalue weighted by Gasteiger charge is 2.13. The molecule has 1 unspecified atom stereocenters. The topological polar surface area (TPSA) is 80.9 Å². The first-order valence-corrected chi connectivity index (χ1v) is 8.00. The van der Waals surface area contributed by atoms with Crippen molar-refractivity contribution in [2.45, 2.75) is 17.3 Å². The number of anilines is 1. The fraction of sp³-hybridized carbons (Fsp3) is 0.250. The molecule has 0 spiro atoms. The fourth-order valence-electron chi connectivity index (χ4n) is 1.59. The van der Waals surface area contributed by atoms with E-state index in [-0.39, 0.29) is 17.7 Å². The average molecular weight is 329 g/mol. The normalized spacial score (nSPS) is 12.1. The lowest BCUT2D eigenvalue weighted by atomic mass is 10.1. The molecule has 8 heteroatoms. The summed E-state index contributed by atoms with van der Waals surface area (Å²) in [7, 11) is 0. The number of thioether (sulfide) groups is 1. The summed E-state index contributed by atoms with van der Waals surface area (Å²) in [6.07, 6.45) is 0. The molecule has 0 aliphatic carbocycles. The molecule has 0 fully saturated rings. The number of rotatable bonds is 5. The summed E-state index contributed by atoms with van der Waals surface area (Å²) in [5.41, 5.74) is 6.37. The van der Waals surface area contributed by atoms with Crippen molar-refractivity contribution >= 4 is 45.7 Å². The van der Waals surface area contributed by atoms with Gasteiger partial charge in [-0.1, -0.05) is 52.9 Å². The smallest absolute Gasteiger partial charge is 0.230 e. The van der Waals surface area contributed by atoms with Gasteiger partial charge >= 0.3 is 0 Å². The van der Waals surface area contributed by atoms with E-state index in [9.17, 15) is 4.79 Å². The van der Waals surface area contributed by atoms with Crippen molar-refractivity contribution < 1.29 is 4.79 Å². The van der Waals surface area contributed by atoms with Gasteiger partial charge in [0.2, 0.25) is 11.0 Å². The van der Waals surface area contributed by atoms with Crippen molar-refractivity contribution in [3.63, 3.8) is 0 Å². The van der Waals surface area contributed by atoms with Crippen LogP contribution in [0.15, 0.2) is 28.6 Å². The zero-order valence-electron chi connectivity index (χ0n) is 10.7. The Morgan fingerprint density at radius 1 is 1.50 bits per heavy atom. The first-order chi connectivity index (χ1) is 9.56. The third-order valence-electron chi connectivity index (χ3n) is 2.50. The number of hydrogen-bond donors (Lipinski definition) is 2. The third-order valence-corrected chi connectivity index (χ3v) is 4.73. The van der Waals surface area contributed by atoms with Gasteiger partial charge in [0.25, 0.3) is 0 Å². The summed E-state index contributed by atoms with van der Waals surface area (Å²) in [6.45, 7) is 1.90. The largest absolute Gasteiger partial charge is 0.374 e. The van der Waals surface area contributed by atoms with Crippen LogP contribution in [0.3, 0.4) is 0 Å². The maximum Gasteiger partial charge on any atom is 0.230 e. The number of nitrogens with zero attached hydrogens (tertiary/aromatic N) is 2. The zero-order chi connectivity index (χ0) is 14.5. The Labute approximate surface area is 129 Å². The number of nitrogens with two attached hydrogens (primary N) is 1. The number of benzene rings is 1. The van der Waals surface area contributed by atoms with Crippen LogP contribution in [0.25, 0.3) is 0 Å². The van der Waals surface area contributed by atoms with Crippen LogP contribution < -0.4 is 11.1 Å². The number of hydrogen-bond acceptors (Lipinski definition) is 6. The predicted molar refractivity (Wildman–Crippen MR) is 83.1 cm³/mol. The molecule has 20 heavy (non-hydrogen) atoms. The molecule has 0 radical (unpaired) electrons. The highest BCUT2D eigenvalue weighted by molar-refractivity contribution is 8.01. The van der Waals surface area contributed by atoms with Crippen molar-refractivity contribution in [3.05, 3.63) is 34.9 Å². The van der Waals surface area contributed by atoms with Gasteiger partial charge in [0.1, 0.15) is 0 Å². The van der Waals surface area contributed by atoms with Crippen LogP contribution >= 0.6 is 34.7 Å². The second-order valence-electron chi connectivity index (χ2n) is 4.01. The molecule has 1 amide bonds. The molecular formula is C12H13ClN4OS2. The van der Waals surface area contributed by atoms with E-state index in [0.29, 0.717) is 14.5 Å². The minimum atomic E-state index is -0.142. The lowest BCUT2D eigenvalue weighted by Crippen LogP contribution is -2.28. The minimum Gasteiger partial charge on any atom is -0.374 e. The molecule has 0 aliphatic rings. The van der Waals surface area contributed by atoms with Gasteiger partial charge in [0, 0.05) is 5.02 Å². The first kappa shape index (κ1) is 15.1. The van der Waals surface area contributed by atoms with Crippen LogP contribution in [0, 0.1) is 0 Å². The van der Waals surface area contributed by atoms with Crippen molar-refractivity contribution in [1.82, 2.24) is 15.5 Å². The number of carbonyl (C=O) groups is 1. The Morgan fingerprint density at radius 3 is 2.90 bits per heavy atom. The van der Waals surface area contributed by atoms with Crippen LogP contribution in [-0.2, 0) is 4.79 Å². The minimum absolute atomic E-state index is 0.0869. The number of nitrogen functional groups attached to an aromatic ring is 1. The van der Waals surface area contributed by atoms with Gasteiger partial charge in [-0.25, -0.2) is 0 Å². The molecule has 106 valence electrons. The Balaban J connectivity index is 1.87. The van der Waals surface area contributed by atoms with E-state index in [4.69, 9.17) is 17.3 Å². The molecule has 3 N–H and O–H groups in total. The Morgan fingerprint density at radius 2 is 2.25 bits per heavy atom. The molecule has 0 aliphatic heterocycles. The molecular weight excluding hydrogens is 316 g/mol. The molecule has 2 aromatic rings. The summed E-state index contributed by atoms with van der Waals surface area (Å²) in [5.74, 6) is 0.180. The quantitative estimate of drug-likeness (QED) is 0.825. The predicted octanol–water partition coefficient (Wildman–Crippen LogP) is 2.74. The van der Waals surface area contributed by atoms with Gasteiger partial charge < -0.3 is 11.1 Å². The van der Waals surface area contributed by atoms with Crippen LogP contribution in [0.2, 0.25) is 5.02 Å². The molecule has 0 bridgehead atoms. The molecule has 1 heterocycles. The van der Waals surface area contributed by atoms with Gasteiger partial charge in [0.05, 0.1) is 11.8 Å². The molecule has 2 rings (SSSR count). The highest BCUT2D eigenvalue weighted by Crippen LogP contribution is 2.24. The van der Waals surface area contributed by atoms with E-state index in [2.05, 4.69) is 15.5 Å². The van der Waals surface area contributed by atoms with E-state index in [0.717, 1.165) is 5.56 Å². The van der Waals surface area contributed by atoms with Crippen molar-refractivity contribution in [2.24, 2.45) is 0 Å². The van der Waals surface area contributed by atoms with E-state index in [1.165, 1.54) is 23.1 Å². The average Bonchev–Trinajstić information content (AvgIpc) is 2.82. The van der Waals surface area contributed by atoms with E-state index in [1.807, 2.05) is 25.1 Å². The maximum atomic E-state index is 11.9. The van der Waals surface area contributed by atoms with Gasteiger partial charge in [-0.2, -0.15) is 0 Å². The number of aromatic nitrogens is 2. The summed E-state index contributed by atoms with van der Waals surface area (Å²) in [5, 5.41) is 11.5. The fourth-order valence-corrected chi connectivity index (χ4v) is 3.34. The van der Waals surface area contributed by atoms with Crippen LogP contribution in [0.1, 0.15) is 18.5 Å². The van der Waals surface area contributed by atoms with E-state index in [1.54, 1.807) is 6.07 Å². The molecule has 0 saturated carbocycles. The first-order valence-electron chi connectivity index (χ1n) is 5.82. The monoisotopic (exact) mass is 328 g/mol. The lowest BCUT2D eigenvalue weighted by Gasteiger charge is -2.15. The standard InChI is InChI=1S/C12H13ClN4OS2/c1-7(8-4-2-3-5-9(8)13)15-10(18)6-19-12-17-16-11(14)20-12/h2-5,7H,6H2,1H3,(H2,14,16)(H,15,18). The van der Waals surface area contributed by atoms with Gasteiger partial charge in [0.15, 0.2) is 4.34 Å². The van der Waals surface area contributed by atoms with Crippen LogP contribution in [-0.4, -0.2) is 21.9 Å². The van der Waals surface area contributed by atoms with Gasteiger partial charge in [-0.05, 0) is 18.6 Å². The lowest BCUT2D eigenvalue weighted by molar-refractivity contribution is -0.119. The number of halogens is 1. The SMILES string of the molecule is CC(NC(=O)CSc1nnc(N)s1)c1ccccc1Cl. The highest BCUT2D eigenvalue weighted by atomic mass is 35.5. The van der Waals surface area contributed by atoms with Gasteiger partial charge in [-0.15, -0.1) is 10.2 Å². The van der Waals surface area contributed by atoms with Crippen molar-refractivity contribution in [2.75, 3.05) is 11.5 Å². The van der Waals surface area contributed by atoms with Crippen molar-refractivity contribution in [3.8, 4) is 0 Å². The Kier molecular flexibility index (Phi) is 5.22. The Hall–Kier alpha value is -1.31. The second kappa shape index (κ2) is 6.92. The summed E-state index contributed by atoms with van der Waals surface area (Å²) < 4.78 is 0.683. The summed E-state index contributed by atoms with van der Waals surface area (Å²) in [4.78, 5) is 11.9. The molecule has 0 saturated heterocycles. The van der Waals surface area contributed by atoms with Crippen LogP contribution in [0.5, 0.6) is 0 Å². The number of carbonyl (C=O) groups excluding carboxylic acids is 1.